The normalized spacial score (nSPS) is 12.2. The standard InChI is InChI=1S/C25H32N4/c1-6-20(17(2)3)21-14-10-11-15-22(21)28-25-24(26-16-23(29-25)18(4)5)27-19-12-8-7-9-13-19/h7-18,20H,6H2,1-5H3,(H,26,27)(H,28,29). The SMILES string of the molecule is CCC(c1ccccc1Nc1nc(C(C)C)cnc1Nc1ccccc1)C(C)C. The minimum atomic E-state index is 0.308. The van der Waals surface area contributed by atoms with Crippen LogP contribution in [0, 0.1) is 5.92 Å². The molecule has 0 aliphatic rings. The third-order valence-electron chi connectivity index (χ3n) is 5.28. The molecule has 0 radical (unpaired) electrons. The number of benzene rings is 2. The number of nitrogens with one attached hydrogen (secondary N) is 2. The van der Waals surface area contributed by atoms with Crippen LogP contribution >= 0.6 is 0 Å². The Bertz CT molecular complexity index is 919. The van der Waals surface area contributed by atoms with Crippen molar-refractivity contribution in [3.63, 3.8) is 0 Å². The quantitative estimate of drug-likeness (QED) is 0.427. The summed E-state index contributed by atoms with van der Waals surface area (Å²) in [7, 11) is 0. The maximum atomic E-state index is 4.90. The fourth-order valence-corrected chi connectivity index (χ4v) is 3.63. The van der Waals surface area contributed by atoms with Gasteiger partial charge in [0.2, 0.25) is 0 Å². The third-order valence-corrected chi connectivity index (χ3v) is 5.28. The van der Waals surface area contributed by atoms with Crippen LogP contribution in [0.2, 0.25) is 0 Å². The minimum Gasteiger partial charge on any atom is -0.337 e. The molecular formula is C25H32N4. The summed E-state index contributed by atoms with van der Waals surface area (Å²) in [5.41, 5.74) is 4.38. The molecule has 0 amide bonds. The van der Waals surface area contributed by atoms with Gasteiger partial charge in [-0.15, -0.1) is 0 Å². The first-order chi connectivity index (χ1) is 14.0. The highest BCUT2D eigenvalue weighted by Crippen LogP contribution is 2.35. The van der Waals surface area contributed by atoms with Crippen molar-refractivity contribution in [3.05, 3.63) is 72.1 Å². The van der Waals surface area contributed by atoms with E-state index in [1.807, 2.05) is 36.5 Å². The van der Waals surface area contributed by atoms with E-state index in [9.17, 15) is 0 Å². The van der Waals surface area contributed by atoms with Crippen molar-refractivity contribution < 1.29 is 0 Å². The summed E-state index contributed by atoms with van der Waals surface area (Å²) in [6.07, 6.45) is 2.96. The van der Waals surface area contributed by atoms with Gasteiger partial charge in [0.1, 0.15) is 0 Å². The predicted molar refractivity (Wildman–Crippen MR) is 123 cm³/mol. The highest BCUT2D eigenvalue weighted by molar-refractivity contribution is 5.73. The first kappa shape index (κ1) is 20.8. The number of para-hydroxylation sites is 2. The molecule has 0 saturated heterocycles. The lowest BCUT2D eigenvalue weighted by Crippen LogP contribution is -2.10. The lowest BCUT2D eigenvalue weighted by molar-refractivity contribution is 0.486. The number of nitrogens with zero attached hydrogens (tertiary/aromatic N) is 2. The lowest BCUT2D eigenvalue weighted by atomic mass is 9.85. The molecule has 0 saturated carbocycles. The van der Waals surface area contributed by atoms with Crippen molar-refractivity contribution in [1.82, 2.24) is 9.97 Å². The van der Waals surface area contributed by atoms with Crippen LogP contribution in [0.3, 0.4) is 0 Å². The van der Waals surface area contributed by atoms with Crippen molar-refractivity contribution in [2.45, 2.75) is 52.9 Å². The van der Waals surface area contributed by atoms with E-state index in [0.29, 0.717) is 17.8 Å². The van der Waals surface area contributed by atoms with Crippen LogP contribution < -0.4 is 10.6 Å². The molecule has 0 aliphatic heterocycles. The Morgan fingerprint density at radius 2 is 1.52 bits per heavy atom. The van der Waals surface area contributed by atoms with Gasteiger partial charge in [0.05, 0.1) is 11.9 Å². The second-order valence-corrected chi connectivity index (χ2v) is 8.11. The molecule has 3 aromatic rings. The molecule has 29 heavy (non-hydrogen) atoms. The van der Waals surface area contributed by atoms with Crippen molar-refractivity contribution in [2.24, 2.45) is 5.92 Å². The van der Waals surface area contributed by atoms with Gasteiger partial charge in [-0.1, -0.05) is 71.0 Å². The molecule has 0 aliphatic carbocycles. The first-order valence-electron chi connectivity index (χ1n) is 10.5. The van der Waals surface area contributed by atoms with Gasteiger partial charge in [-0.2, -0.15) is 0 Å². The first-order valence-corrected chi connectivity index (χ1v) is 10.5. The van der Waals surface area contributed by atoms with Gasteiger partial charge in [-0.25, -0.2) is 9.97 Å². The van der Waals surface area contributed by atoms with Gasteiger partial charge < -0.3 is 10.6 Å². The Balaban J connectivity index is 2.00. The van der Waals surface area contributed by atoms with E-state index in [1.165, 1.54) is 5.56 Å². The largest absolute Gasteiger partial charge is 0.337 e. The van der Waals surface area contributed by atoms with Crippen molar-refractivity contribution >= 4 is 23.0 Å². The molecule has 4 nitrogen and oxygen atoms in total. The topological polar surface area (TPSA) is 49.8 Å². The number of hydrogen-bond acceptors (Lipinski definition) is 4. The fraction of sp³-hybridized carbons (Fsp3) is 0.360. The summed E-state index contributed by atoms with van der Waals surface area (Å²) in [5, 5.41) is 7.00. The lowest BCUT2D eigenvalue weighted by Gasteiger charge is -2.23. The van der Waals surface area contributed by atoms with Crippen LogP contribution in [0.5, 0.6) is 0 Å². The Morgan fingerprint density at radius 1 is 0.828 bits per heavy atom. The van der Waals surface area contributed by atoms with E-state index in [4.69, 9.17) is 4.98 Å². The molecule has 1 heterocycles. The molecule has 2 aromatic carbocycles. The molecule has 0 spiro atoms. The number of rotatable bonds is 8. The molecule has 1 unspecified atom stereocenters. The summed E-state index contributed by atoms with van der Waals surface area (Å²) in [6, 6.07) is 18.6. The van der Waals surface area contributed by atoms with Crippen LogP contribution in [0.4, 0.5) is 23.0 Å². The van der Waals surface area contributed by atoms with E-state index in [2.05, 4.69) is 74.5 Å². The summed E-state index contributed by atoms with van der Waals surface area (Å²) < 4.78 is 0. The van der Waals surface area contributed by atoms with E-state index in [0.717, 1.165) is 35.1 Å². The van der Waals surface area contributed by atoms with Crippen LogP contribution in [-0.2, 0) is 0 Å². The van der Waals surface area contributed by atoms with Gasteiger partial charge in [-0.3, -0.25) is 0 Å². The second kappa shape index (κ2) is 9.55. The molecule has 152 valence electrons. The van der Waals surface area contributed by atoms with Crippen LogP contribution in [0.25, 0.3) is 0 Å². The van der Waals surface area contributed by atoms with Gasteiger partial charge in [0.25, 0.3) is 0 Å². The molecule has 4 heteroatoms. The molecule has 2 N–H and O–H groups in total. The van der Waals surface area contributed by atoms with Crippen LogP contribution in [0.1, 0.15) is 64.1 Å². The average molecular weight is 389 g/mol. The zero-order chi connectivity index (χ0) is 20.8. The van der Waals surface area contributed by atoms with Gasteiger partial charge in [-0.05, 0) is 47.9 Å². The maximum Gasteiger partial charge on any atom is 0.174 e. The summed E-state index contributed by atoms with van der Waals surface area (Å²) in [5.74, 6) is 2.85. The Morgan fingerprint density at radius 3 is 2.17 bits per heavy atom. The second-order valence-electron chi connectivity index (χ2n) is 8.11. The molecule has 0 bridgehead atoms. The van der Waals surface area contributed by atoms with Crippen LogP contribution in [-0.4, -0.2) is 9.97 Å². The fourth-order valence-electron chi connectivity index (χ4n) is 3.63. The molecule has 1 aromatic heterocycles. The zero-order valence-electron chi connectivity index (χ0n) is 18.1. The number of hydrogen-bond donors (Lipinski definition) is 2. The van der Waals surface area contributed by atoms with Gasteiger partial charge in [0.15, 0.2) is 11.6 Å². The third kappa shape index (κ3) is 5.14. The summed E-state index contributed by atoms with van der Waals surface area (Å²) >= 11 is 0. The number of anilines is 4. The smallest absolute Gasteiger partial charge is 0.174 e. The molecular weight excluding hydrogens is 356 g/mol. The Kier molecular flexibility index (Phi) is 6.86. The summed E-state index contributed by atoms with van der Waals surface area (Å²) in [6.45, 7) is 11.1. The minimum absolute atomic E-state index is 0.308. The molecule has 1 atom stereocenters. The van der Waals surface area contributed by atoms with Crippen molar-refractivity contribution in [2.75, 3.05) is 10.6 Å². The molecule has 0 fully saturated rings. The van der Waals surface area contributed by atoms with E-state index < -0.39 is 0 Å². The van der Waals surface area contributed by atoms with Gasteiger partial charge >= 0.3 is 0 Å². The van der Waals surface area contributed by atoms with E-state index >= 15 is 0 Å². The Labute approximate surface area is 174 Å². The maximum absolute atomic E-state index is 4.90. The highest BCUT2D eigenvalue weighted by atomic mass is 15.1. The van der Waals surface area contributed by atoms with Crippen molar-refractivity contribution in [3.8, 4) is 0 Å². The van der Waals surface area contributed by atoms with E-state index in [-0.39, 0.29) is 0 Å². The predicted octanol–water partition coefficient (Wildman–Crippen LogP) is 7.24. The number of aromatic nitrogens is 2. The summed E-state index contributed by atoms with van der Waals surface area (Å²) in [4.78, 5) is 9.58. The highest BCUT2D eigenvalue weighted by Gasteiger charge is 2.19. The monoisotopic (exact) mass is 388 g/mol. The van der Waals surface area contributed by atoms with Crippen LogP contribution in [0.15, 0.2) is 60.8 Å². The average Bonchev–Trinajstić information content (AvgIpc) is 2.71. The molecule has 3 rings (SSSR count). The van der Waals surface area contributed by atoms with E-state index in [1.54, 1.807) is 0 Å². The Hall–Kier alpha value is -2.88. The van der Waals surface area contributed by atoms with Crippen molar-refractivity contribution in [1.29, 1.82) is 0 Å². The zero-order valence-corrected chi connectivity index (χ0v) is 18.1. The van der Waals surface area contributed by atoms with Gasteiger partial charge in [0, 0.05) is 11.4 Å².